The Kier molecular flexibility index (Phi) is 6.25. The molecule has 9 nitrogen and oxygen atoms in total. The SMILES string of the molecule is NC(=O)C1C(NC(=O)c2ccc(-n3ccccc3=O)cc2)CCCN1C(=O)N1CCCC1. The van der Waals surface area contributed by atoms with E-state index in [4.69, 9.17) is 5.73 Å². The maximum Gasteiger partial charge on any atom is 0.320 e. The molecule has 1 aromatic carbocycles. The van der Waals surface area contributed by atoms with Crippen LogP contribution in [-0.2, 0) is 4.79 Å². The number of nitrogens with one attached hydrogen (secondary N) is 1. The minimum atomic E-state index is -0.886. The number of hydrogen-bond acceptors (Lipinski definition) is 4. The number of likely N-dealkylation sites (tertiary alicyclic amines) is 2. The highest BCUT2D eigenvalue weighted by Crippen LogP contribution is 2.22. The fourth-order valence-corrected chi connectivity index (χ4v) is 4.47. The van der Waals surface area contributed by atoms with Crippen molar-refractivity contribution < 1.29 is 14.4 Å². The van der Waals surface area contributed by atoms with Crippen LogP contribution in [0.3, 0.4) is 0 Å². The van der Waals surface area contributed by atoms with E-state index in [2.05, 4.69) is 5.32 Å². The topological polar surface area (TPSA) is 118 Å². The molecule has 2 aromatic rings. The largest absolute Gasteiger partial charge is 0.368 e. The molecule has 9 heteroatoms. The number of amides is 4. The number of piperidine rings is 1. The van der Waals surface area contributed by atoms with Crippen molar-refractivity contribution in [3.8, 4) is 5.69 Å². The molecule has 3 N–H and O–H groups in total. The van der Waals surface area contributed by atoms with E-state index in [0.717, 1.165) is 12.8 Å². The van der Waals surface area contributed by atoms with E-state index in [1.54, 1.807) is 47.5 Å². The van der Waals surface area contributed by atoms with Crippen LogP contribution in [-0.4, -0.2) is 63.9 Å². The van der Waals surface area contributed by atoms with Crippen molar-refractivity contribution in [3.63, 3.8) is 0 Å². The molecule has 0 aliphatic carbocycles. The summed E-state index contributed by atoms with van der Waals surface area (Å²) in [6.07, 6.45) is 4.78. The summed E-state index contributed by atoms with van der Waals surface area (Å²) in [6, 6.07) is 9.86. The van der Waals surface area contributed by atoms with Crippen molar-refractivity contribution in [2.75, 3.05) is 19.6 Å². The standard InChI is InChI=1S/C23H27N5O4/c24-21(30)20-18(6-5-15-28(20)23(32)26-12-3-4-13-26)25-22(31)16-8-10-17(11-9-16)27-14-2-1-7-19(27)29/h1-2,7-11,14,18,20H,3-6,12-13,15H2,(H2,24,30)(H,25,31). The normalized spacial score (nSPS) is 20.8. The first-order chi connectivity index (χ1) is 15.5. The van der Waals surface area contributed by atoms with Gasteiger partial charge >= 0.3 is 6.03 Å². The number of carbonyl (C=O) groups excluding carboxylic acids is 3. The molecule has 2 aliphatic heterocycles. The lowest BCUT2D eigenvalue weighted by molar-refractivity contribution is -0.124. The minimum absolute atomic E-state index is 0.168. The maximum absolute atomic E-state index is 12.9. The van der Waals surface area contributed by atoms with Gasteiger partial charge in [0, 0.05) is 43.1 Å². The lowest BCUT2D eigenvalue weighted by atomic mass is 9.95. The minimum Gasteiger partial charge on any atom is -0.368 e. The zero-order valence-electron chi connectivity index (χ0n) is 17.8. The Morgan fingerprint density at radius 3 is 2.31 bits per heavy atom. The summed E-state index contributed by atoms with van der Waals surface area (Å²) in [5.41, 5.74) is 6.53. The van der Waals surface area contributed by atoms with E-state index >= 15 is 0 Å². The zero-order valence-corrected chi connectivity index (χ0v) is 17.8. The average molecular weight is 438 g/mol. The van der Waals surface area contributed by atoms with Gasteiger partial charge in [-0.1, -0.05) is 6.07 Å². The summed E-state index contributed by atoms with van der Waals surface area (Å²) in [5.74, 6) is -0.981. The molecular weight excluding hydrogens is 410 g/mol. The van der Waals surface area contributed by atoms with Crippen LogP contribution in [0.5, 0.6) is 0 Å². The zero-order chi connectivity index (χ0) is 22.7. The lowest BCUT2D eigenvalue weighted by Crippen LogP contribution is -2.63. The molecule has 0 saturated carbocycles. The predicted octanol–water partition coefficient (Wildman–Crippen LogP) is 1.10. The molecule has 2 unspecified atom stereocenters. The first-order valence-electron chi connectivity index (χ1n) is 10.9. The van der Waals surface area contributed by atoms with Gasteiger partial charge in [-0.25, -0.2) is 4.79 Å². The third-order valence-corrected chi connectivity index (χ3v) is 6.09. The number of nitrogens with two attached hydrogens (primary N) is 1. The average Bonchev–Trinajstić information content (AvgIpc) is 3.34. The molecule has 4 rings (SSSR count). The third kappa shape index (κ3) is 4.37. The van der Waals surface area contributed by atoms with Crippen LogP contribution in [0.4, 0.5) is 4.79 Å². The van der Waals surface area contributed by atoms with Gasteiger partial charge in [0.1, 0.15) is 6.04 Å². The van der Waals surface area contributed by atoms with Crippen LogP contribution in [0.25, 0.3) is 5.69 Å². The van der Waals surface area contributed by atoms with Crippen LogP contribution < -0.4 is 16.6 Å². The molecule has 0 bridgehead atoms. The Hall–Kier alpha value is -3.62. The fourth-order valence-electron chi connectivity index (χ4n) is 4.47. The molecule has 0 radical (unpaired) electrons. The van der Waals surface area contributed by atoms with Gasteiger partial charge in [-0.2, -0.15) is 0 Å². The molecule has 2 fully saturated rings. The van der Waals surface area contributed by atoms with Crippen LogP contribution in [0.2, 0.25) is 0 Å². The first-order valence-corrected chi connectivity index (χ1v) is 10.9. The van der Waals surface area contributed by atoms with Crippen molar-refractivity contribution in [2.45, 2.75) is 37.8 Å². The monoisotopic (exact) mass is 437 g/mol. The second-order valence-corrected chi connectivity index (χ2v) is 8.20. The summed E-state index contributed by atoms with van der Waals surface area (Å²) in [7, 11) is 0. The van der Waals surface area contributed by atoms with Crippen molar-refractivity contribution in [1.29, 1.82) is 0 Å². The highest BCUT2D eigenvalue weighted by atomic mass is 16.2. The van der Waals surface area contributed by atoms with E-state index in [1.165, 1.54) is 15.5 Å². The number of benzene rings is 1. The van der Waals surface area contributed by atoms with Gasteiger partial charge in [0.25, 0.3) is 11.5 Å². The summed E-state index contributed by atoms with van der Waals surface area (Å²) in [6.45, 7) is 1.79. The fraction of sp³-hybridized carbons (Fsp3) is 0.391. The number of pyridine rings is 1. The van der Waals surface area contributed by atoms with E-state index < -0.39 is 18.0 Å². The molecule has 0 spiro atoms. The molecule has 3 heterocycles. The van der Waals surface area contributed by atoms with Gasteiger partial charge in [-0.3, -0.25) is 19.0 Å². The van der Waals surface area contributed by atoms with E-state index in [-0.39, 0.29) is 17.5 Å². The molecule has 32 heavy (non-hydrogen) atoms. The molecule has 1 aromatic heterocycles. The quantitative estimate of drug-likeness (QED) is 0.745. The van der Waals surface area contributed by atoms with Crippen molar-refractivity contribution in [1.82, 2.24) is 19.7 Å². The van der Waals surface area contributed by atoms with Gasteiger partial charge < -0.3 is 20.9 Å². The number of carbonyl (C=O) groups is 3. The Bertz CT molecular complexity index is 1060. The van der Waals surface area contributed by atoms with Gasteiger partial charge in [0.15, 0.2) is 0 Å². The van der Waals surface area contributed by atoms with E-state index in [1.807, 2.05) is 0 Å². The van der Waals surface area contributed by atoms with Gasteiger partial charge in [0.05, 0.1) is 6.04 Å². The number of hydrogen-bond donors (Lipinski definition) is 2. The van der Waals surface area contributed by atoms with Crippen LogP contribution in [0, 0.1) is 0 Å². The molecule has 2 atom stereocenters. The number of primary amides is 1. The molecule has 168 valence electrons. The highest BCUT2D eigenvalue weighted by Gasteiger charge is 2.40. The summed E-state index contributed by atoms with van der Waals surface area (Å²) < 4.78 is 1.48. The first kappa shape index (κ1) is 21.6. The summed E-state index contributed by atoms with van der Waals surface area (Å²) >= 11 is 0. The molecule has 2 aliphatic rings. The van der Waals surface area contributed by atoms with Crippen LogP contribution in [0.1, 0.15) is 36.0 Å². The van der Waals surface area contributed by atoms with Crippen molar-refractivity contribution in [3.05, 3.63) is 64.6 Å². The maximum atomic E-state index is 12.9. The highest BCUT2D eigenvalue weighted by molar-refractivity contribution is 5.95. The number of aromatic nitrogens is 1. The Morgan fingerprint density at radius 1 is 0.938 bits per heavy atom. The van der Waals surface area contributed by atoms with Crippen LogP contribution in [0.15, 0.2) is 53.5 Å². The van der Waals surface area contributed by atoms with Gasteiger partial charge in [-0.15, -0.1) is 0 Å². The Morgan fingerprint density at radius 2 is 1.66 bits per heavy atom. The smallest absolute Gasteiger partial charge is 0.320 e. The van der Waals surface area contributed by atoms with Gasteiger partial charge in [0.2, 0.25) is 5.91 Å². The molecule has 4 amide bonds. The van der Waals surface area contributed by atoms with Crippen molar-refractivity contribution >= 4 is 17.8 Å². The molecule has 2 saturated heterocycles. The Labute approximate surface area is 185 Å². The van der Waals surface area contributed by atoms with Gasteiger partial charge in [-0.05, 0) is 56.0 Å². The van der Waals surface area contributed by atoms with Crippen LogP contribution >= 0.6 is 0 Å². The third-order valence-electron chi connectivity index (χ3n) is 6.09. The number of rotatable bonds is 4. The van der Waals surface area contributed by atoms with E-state index in [9.17, 15) is 19.2 Å². The predicted molar refractivity (Wildman–Crippen MR) is 118 cm³/mol. The lowest BCUT2D eigenvalue weighted by Gasteiger charge is -2.41. The summed E-state index contributed by atoms with van der Waals surface area (Å²) in [5, 5.41) is 2.89. The number of urea groups is 1. The van der Waals surface area contributed by atoms with E-state index in [0.29, 0.717) is 43.7 Å². The van der Waals surface area contributed by atoms with Crippen molar-refractivity contribution in [2.24, 2.45) is 5.73 Å². The second kappa shape index (κ2) is 9.25. The summed E-state index contributed by atoms with van der Waals surface area (Å²) in [4.78, 5) is 53.3. The molecular formula is C23H27N5O4. The Balaban J connectivity index is 1.48. The second-order valence-electron chi connectivity index (χ2n) is 8.20. The number of nitrogens with zero attached hydrogens (tertiary/aromatic N) is 3.